The Kier molecular flexibility index (Phi) is 6.85. The number of methoxy groups -OCH3 is 1. The number of sulfonamides is 1. The molecule has 3 aromatic carbocycles. The van der Waals surface area contributed by atoms with E-state index < -0.39 is 28.3 Å². The zero-order valence-electron chi connectivity index (χ0n) is 17.9. The van der Waals surface area contributed by atoms with Gasteiger partial charge >= 0.3 is 0 Å². The third-order valence-corrected chi connectivity index (χ3v) is 7.42. The molecule has 0 radical (unpaired) electrons. The molecule has 1 amide bonds. The van der Waals surface area contributed by atoms with Crippen molar-refractivity contribution in [1.82, 2.24) is 10.2 Å². The number of benzene rings is 3. The fourth-order valence-electron chi connectivity index (χ4n) is 3.06. The Bertz CT molecular complexity index is 1380. The fraction of sp³-hybridized carbons (Fsp3) is 0.0870. The molecule has 0 saturated carbocycles. The Morgan fingerprint density at radius 2 is 1.68 bits per heavy atom. The quantitative estimate of drug-likeness (QED) is 0.391. The molecular formula is C23H19FN4O4S2. The van der Waals surface area contributed by atoms with Crippen LogP contribution in [0.3, 0.4) is 0 Å². The minimum Gasteiger partial charge on any atom is -0.497 e. The summed E-state index contributed by atoms with van der Waals surface area (Å²) in [5.41, 5.74) is 0.977. The van der Waals surface area contributed by atoms with Crippen molar-refractivity contribution in [3.8, 4) is 16.3 Å². The maximum absolute atomic E-state index is 13.5. The Morgan fingerprint density at radius 3 is 2.32 bits per heavy atom. The molecule has 0 aliphatic heterocycles. The first-order valence-corrected chi connectivity index (χ1v) is 12.2. The van der Waals surface area contributed by atoms with E-state index in [1.807, 2.05) is 30.3 Å². The van der Waals surface area contributed by atoms with E-state index in [1.165, 1.54) is 43.5 Å². The fourth-order valence-corrected chi connectivity index (χ4v) is 5.24. The number of amides is 1. The number of halogens is 1. The van der Waals surface area contributed by atoms with E-state index in [1.54, 1.807) is 0 Å². The molecule has 0 atom stereocenters. The summed E-state index contributed by atoms with van der Waals surface area (Å²) in [6.45, 7) is -0.555. The van der Waals surface area contributed by atoms with Gasteiger partial charge in [-0.2, -0.15) is 0 Å². The summed E-state index contributed by atoms with van der Waals surface area (Å²) < 4.78 is 46.2. The van der Waals surface area contributed by atoms with E-state index in [9.17, 15) is 17.6 Å². The first-order valence-electron chi connectivity index (χ1n) is 9.98. The summed E-state index contributed by atoms with van der Waals surface area (Å²) in [6, 6.07) is 19.9. The molecule has 4 rings (SSSR count). The molecule has 1 heterocycles. The predicted octanol–water partition coefficient (Wildman–Crippen LogP) is 4.19. The number of nitrogens with zero attached hydrogens (tertiary/aromatic N) is 3. The van der Waals surface area contributed by atoms with Gasteiger partial charge in [-0.05, 0) is 48.5 Å². The van der Waals surface area contributed by atoms with Crippen LogP contribution in [0.25, 0.3) is 10.6 Å². The second-order valence-corrected chi connectivity index (χ2v) is 9.83. The largest absolute Gasteiger partial charge is 0.497 e. The molecule has 0 fully saturated rings. The Labute approximate surface area is 199 Å². The predicted molar refractivity (Wildman–Crippen MR) is 128 cm³/mol. The molecule has 8 nitrogen and oxygen atoms in total. The van der Waals surface area contributed by atoms with Crippen molar-refractivity contribution in [2.45, 2.75) is 4.90 Å². The molecule has 0 aliphatic carbocycles. The van der Waals surface area contributed by atoms with E-state index in [0.29, 0.717) is 10.8 Å². The average Bonchev–Trinajstić information content (AvgIpc) is 3.32. The highest BCUT2D eigenvalue weighted by atomic mass is 32.2. The summed E-state index contributed by atoms with van der Waals surface area (Å²) in [5, 5.41) is 11.5. The third kappa shape index (κ3) is 5.21. The smallest absolute Gasteiger partial charge is 0.264 e. The van der Waals surface area contributed by atoms with E-state index in [-0.39, 0.29) is 15.7 Å². The van der Waals surface area contributed by atoms with Crippen molar-refractivity contribution >= 4 is 38.1 Å². The molecule has 0 aliphatic rings. The molecule has 0 spiro atoms. The second-order valence-electron chi connectivity index (χ2n) is 6.99. The van der Waals surface area contributed by atoms with Crippen LogP contribution in [-0.2, 0) is 14.8 Å². The normalized spacial score (nSPS) is 11.1. The van der Waals surface area contributed by atoms with Crippen molar-refractivity contribution in [3.05, 3.63) is 84.7 Å². The van der Waals surface area contributed by atoms with Gasteiger partial charge < -0.3 is 4.74 Å². The van der Waals surface area contributed by atoms with E-state index in [0.717, 1.165) is 33.3 Å². The number of anilines is 2. The van der Waals surface area contributed by atoms with Crippen LogP contribution in [0.2, 0.25) is 0 Å². The summed E-state index contributed by atoms with van der Waals surface area (Å²) in [6.07, 6.45) is 0. The molecule has 4 aromatic rings. The minimum absolute atomic E-state index is 0.0484. The highest BCUT2D eigenvalue weighted by Gasteiger charge is 2.28. The van der Waals surface area contributed by atoms with Crippen LogP contribution in [0, 0.1) is 5.82 Å². The van der Waals surface area contributed by atoms with Gasteiger partial charge in [0.05, 0.1) is 17.7 Å². The number of nitrogens with one attached hydrogen (secondary N) is 1. The number of hydrogen-bond acceptors (Lipinski definition) is 7. The lowest BCUT2D eigenvalue weighted by Crippen LogP contribution is -2.38. The lowest BCUT2D eigenvalue weighted by molar-refractivity contribution is -0.114. The third-order valence-electron chi connectivity index (χ3n) is 4.74. The Hall–Kier alpha value is -3.83. The second kappa shape index (κ2) is 9.98. The van der Waals surface area contributed by atoms with Gasteiger partial charge in [-0.25, -0.2) is 12.8 Å². The summed E-state index contributed by atoms with van der Waals surface area (Å²) in [5.74, 6) is -0.676. The molecule has 0 bridgehead atoms. The molecule has 174 valence electrons. The van der Waals surface area contributed by atoms with E-state index in [2.05, 4.69) is 15.5 Å². The van der Waals surface area contributed by atoms with Crippen molar-refractivity contribution in [2.75, 3.05) is 23.3 Å². The first-order chi connectivity index (χ1) is 16.4. The van der Waals surface area contributed by atoms with Gasteiger partial charge in [0.25, 0.3) is 10.0 Å². The zero-order chi connectivity index (χ0) is 24.1. The zero-order valence-corrected chi connectivity index (χ0v) is 19.5. The maximum Gasteiger partial charge on any atom is 0.264 e. The van der Waals surface area contributed by atoms with Gasteiger partial charge in [-0.3, -0.25) is 14.4 Å². The van der Waals surface area contributed by atoms with E-state index >= 15 is 0 Å². The first kappa shape index (κ1) is 23.3. The SMILES string of the molecule is COc1ccc(S(=O)(=O)N(CC(=O)Nc2nnc(-c3ccccc3)s2)c2ccc(F)cc2)cc1. The standard InChI is InChI=1S/C23H19FN4O4S2/c1-32-19-11-13-20(14-12-19)34(30,31)28(18-9-7-17(24)8-10-18)15-21(29)25-23-27-26-22(33-23)16-5-3-2-4-6-16/h2-14H,15H2,1H3,(H,25,27,29). The lowest BCUT2D eigenvalue weighted by atomic mass is 10.2. The van der Waals surface area contributed by atoms with Crippen LogP contribution in [0.5, 0.6) is 5.75 Å². The van der Waals surface area contributed by atoms with Gasteiger partial charge in [0.1, 0.15) is 23.1 Å². The monoisotopic (exact) mass is 498 g/mol. The number of rotatable bonds is 8. The number of carbonyl (C=O) groups is 1. The number of ether oxygens (including phenoxy) is 1. The minimum atomic E-state index is -4.16. The highest BCUT2D eigenvalue weighted by molar-refractivity contribution is 7.92. The average molecular weight is 499 g/mol. The van der Waals surface area contributed by atoms with Crippen LogP contribution >= 0.6 is 11.3 Å². The Morgan fingerprint density at radius 1 is 1.00 bits per heavy atom. The number of carbonyl (C=O) groups excluding carboxylic acids is 1. The van der Waals surface area contributed by atoms with E-state index in [4.69, 9.17) is 4.74 Å². The maximum atomic E-state index is 13.5. The molecule has 11 heteroatoms. The molecule has 1 N–H and O–H groups in total. The van der Waals surface area contributed by atoms with Crippen molar-refractivity contribution in [2.24, 2.45) is 0 Å². The van der Waals surface area contributed by atoms with Gasteiger partial charge in [-0.15, -0.1) is 10.2 Å². The topological polar surface area (TPSA) is 101 Å². The molecule has 34 heavy (non-hydrogen) atoms. The molecule has 0 unspecified atom stereocenters. The Balaban J connectivity index is 1.59. The summed E-state index contributed by atoms with van der Waals surface area (Å²) in [7, 11) is -2.69. The van der Waals surface area contributed by atoms with Gasteiger partial charge in [0.15, 0.2) is 0 Å². The van der Waals surface area contributed by atoms with Crippen molar-refractivity contribution in [1.29, 1.82) is 0 Å². The molecule has 0 saturated heterocycles. The van der Waals surface area contributed by atoms with Crippen LogP contribution in [0.4, 0.5) is 15.2 Å². The van der Waals surface area contributed by atoms with Crippen LogP contribution < -0.4 is 14.4 Å². The van der Waals surface area contributed by atoms with Gasteiger partial charge in [0, 0.05) is 5.56 Å². The van der Waals surface area contributed by atoms with Gasteiger partial charge in [-0.1, -0.05) is 41.7 Å². The van der Waals surface area contributed by atoms with Crippen molar-refractivity contribution in [3.63, 3.8) is 0 Å². The van der Waals surface area contributed by atoms with Gasteiger partial charge in [0.2, 0.25) is 11.0 Å². The van der Waals surface area contributed by atoms with Crippen molar-refractivity contribution < 1.29 is 22.3 Å². The van der Waals surface area contributed by atoms with Crippen LogP contribution in [0.15, 0.2) is 83.8 Å². The van der Waals surface area contributed by atoms with Crippen LogP contribution in [-0.4, -0.2) is 38.2 Å². The highest BCUT2D eigenvalue weighted by Crippen LogP contribution is 2.28. The summed E-state index contributed by atoms with van der Waals surface area (Å²) >= 11 is 1.16. The lowest BCUT2D eigenvalue weighted by Gasteiger charge is -2.24. The molecular weight excluding hydrogens is 479 g/mol. The van der Waals surface area contributed by atoms with Crippen LogP contribution in [0.1, 0.15) is 0 Å². The number of hydrogen-bond donors (Lipinski definition) is 1. The summed E-state index contributed by atoms with van der Waals surface area (Å²) in [4.78, 5) is 12.8. The molecule has 1 aromatic heterocycles. The number of aromatic nitrogens is 2.